The number of amides is 4. The van der Waals surface area contributed by atoms with Crippen LogP contribution in [-0.4, -0.2) is 25.0 Å². The second-order valence-electron chi connectivity index (χ2n) is 7.26. The highest BCUT2D eigenvalue weighted by atomic mass is 79.9. The number of hydrogen-bond donors (Lipinski definition) is 1. The van der Waals surface area contributed by atoms with Gasteiger partial charge in [-0.3, -0.25) is 14.9 Å². The van der Waals surface area contributed by atoms with Crippen LogP contribution in [0.4, 0.5) is 10.5 Å². The van der Waals surface area contributed by atoms with Crippen molar-refractivity contribution in [3.63, 3.8) is 0 Å². The number of methoxy groups -OCH3 is 1. The minimum Gasteiger partial charge on any atom is -0.493 e. The number of hydrogen-bond acceptors (Lipinski definition) is 5. The van der Waals surface area contributed by atoms with Crippen LogP contribution in [0.2, 0.25) is 5.02 Å². The first-order valence-corrected chi connectivity index (χ1v) is 11.2. The van der Waals surface area contributed by atoms with E-state index < -0.39 is 17.8 Å². The van der Waals surface area contributed by atoms with Gasteiger partial charge in [-0.15, -0.1) is 0 Å². The molecule has 1 N–H and O–H groups in total. The van der Waals surface area contributed by atoms with Crippen LogP contribution < -0.4 is 19.7 Å². The zero-order chi connectivity index (χ0) is 24.2. The highest BCUT2D eigenvalue weighted by Gasteiger charge is 2.36. The summed E-state index contributed by atoms with van der Waals surface area (Å²) in [6, 6.07) is 18.1. The second kappa shape index (κ2) is 10.1. The van der Waals surface area contributed by atoms with Gasteiger partial charge in [0.2, 0.25) is 0 Å². The molecule has 0 atom stereocenters. The van der Waals surface area contributed by atoms with Crippen molar-refractivity contribution >= 4 is 57.1 Å². The van der Waals surface area contributed by atoms with Crippen molar-refractivity contribution in [1.29, 1.82) is 0 Å². The maximum absolute atomic E-state index is 13.0. The van der Waals surface area contributed by atoms with Crippen LogP contribution in [0.15, 0.2) is 76.8 Å². The zero-order valence-electron chi connectivity index (χ0n) is 17.9. The molecule has 3 aromatic rings. The topological polar surface area (TPSA) is 84.9 Å². The summed E-state index contributed by atoms with van der Waals surface area (Å²) in [7, 11) is 1.49. The monoisotopic (exact) mass is 540 g/mol. The fourth-order valence-corrected chi connectivity index (χ4v) is 3.67. The molecule has 0 bridgehead atoms. The molecule has 9 heteroatoms. The standard InChI is InChI=1S/C25H18BrClN2O5/c1-33-22-13-16(4-11-21(22)34-14-15-2-7-18(27)8-3-15)12-20-23(30)28-25(32)29(24(20)31)19-9-5-17(26)6-10-19/h2-13H,14H2,1H3,(H,28,30,32)/b20-12+. The molecule has 0 saturated carbocycles. The Labute approximate surface area is 209 Å². The smallest absolute Gasteiger partial charge is 0.335 e. The lowest BCUT2D eigenvalue weighted by atomic mass is 10.1. The van der Waals surface area contributed by atoms with E-state index in [4.69, 9.17) is 21.1 Å². The van der Waals surface area contributed by atoms with Crippen molar-refractivity contribution in [2.75, 3.05) is 12.0 Å². The van der Waals surface area contributed by atoms with E-state index in [1.807, 2.05) is 12.1 Å². The van der Waals surface area contributed by atoms with Gasteiger partial charge in [0.25, 0.3) is 11.8 Å². The molecule has 1 heterocycles. The van der Waals surface area contributed by atoms with Gasteiger partial charge in [-0.1, -0.05) is 45.7 Å². The Balaban J connectivity index is 1.58. The first-order valence-electron chi connectivity index (χ1n) is 10.1. The highest BCUT2D eigenvalue weighted by molar-refractivity contribution is 9.10. The molecule has 0 aliphatic carbocycles. The number of nitrogens with zero attached hydrogens (tertiary/aromatic N) is 1. The Kier molecular flexibility index (Phi) is 7.00. The lowest BCUT2D eigenvalue weighted by Gasteiger charge is -2.26. The zero-order valence-corrected chi connectivity index (χ0v) is 20.2. The van der Waals surface area contributed by atoms with Crippen LogP contribution in [0.5, 0.6) is 11.5 Å². The summed E-state index contributed by atoms with van der Waals surface area (Å²) in [4.78, 5) is 38.7. The molecule has 0 aromatic heterocycles. The van der Waals surface area contributed by atoms with Gasteiger partial charge in [-0.25, -0.2) is 9.69 Å². The van der Waals surface area contributed by atoms with Crippen molar-refractivity contribution < 1.29 is 23.9 Å². The fourth-order valence-electron chi connectivity index (χ4n) is 3.28. The molecule has 3 aromatic carbocycles. The summed E-state index contributed by atoms with van der Waals surface area (Å²) in [5, 5.41) is 2.85. The van der Waals surface area contributed by atoms with E-state index in [1.165, 1.54) is 13.2 Å². The molecule has 0 spiro atoms. The highest BCUT2D eigenvalue weighted by Crippen LogP contribution is 2.31. The van der Waals surface area contributed by atoms with E-state index in [0.29, 0.717) is 34.4 Å². The molecule has 172 valence electrons. The molecule has 4 rings (SSSR count). The van der Waals surface area contributed by atoms with Gasteiger partial charge < -0.3 is 9.47 Å². The van der Waals surface area contributed by atoms with Crippen LogP contribution in [-0.2, 0) is 16.2 Å². The maximum atomic E-state index is 13.0. The van der Waals surface area contributed by atoms with E-state index in [9.17, 15) is 14.4 Å². The predicted molar refractivity (Wildman–Crippen MR) is 132 cm³/mol. The van der Waals surface area contributed by atoms with E-state index in [0.717, 1.165) is 14.9 Å². The summed E-state index contributed by atoms with van der Waals surface area (Å²) in [5.74, 6) is -0.581. The van der Waals surface area contributed by atoms with Crippen molar-refractivity contribution in [1.82, 2.24) is 5.32 Å². The number of ether oxygens (including phenoxy) is 2. The molecular weight excluding hydrogens is 524 g/mol. The van der Waals surface area contributed by atoms with Crippen LogP contribution in [0, 0.1) is 0 Å². The van der Waals surface area contributed by atoms with Crippen LogP contribution in [0.1, 0.15) is 11.1 Å². The molecule has 1 fully saturated rings. The molecule has 1 aliphatic rings. The summed E-state index contributed by atoms with van der Waals surface area (Å²) >= 11 is 9.23. The van der Waals surface area contributed by atoms with Crippen molar-refractivity contribution in [2.45, 2.75) is 6.61 Å². The van der Waals surface area contributed by atoms with Crippen LogP contribution in [0.25, 0.3) is 6.08 Å². The summed E-state index contributed by atoms with van der Waals surface area (Å²) in [6.07, 6.45) is 1.40. The number of urea groups is 1. The molecule has 1 aliphatic heterocycles. The third-order valence-corrected chi connectivity index (χ3v) is 5.77. The van der Waals surface area contributed by atoms with Gasteiger partial charge in [-0.05, 0) is 65.7 Å². The number of nitrogens with one attached hydrogen (secondary N) is 1. The minimum absolute atomic E-state index is 0.181. The van der Waals surface area contributed by atoms with E-state index in [2.05, 4.69) is 21.2 Å². The Morgan fingerprint density at radius 1 is 0.971 bits per heavy atom. The fraction of sp³-hybridized carbons (Fsp3) is 0.0800. The van der Waals surface area contributed by atoms with Gasteiger partial charge in [0.05, 0.1) is 12.8 Å². The molecule has 0 radical (unpaired) electrons. The van der Waals surface area contributed by atoms with Gasteiger partial charge in [0.1, 0.15) is 12.2 Å². The second-order valence-corrected chi connectivity index (χ2v) is 8.61. The Morgan fingerprint density at radius 3 is 2.35 bits per heavy atom. The number of benzene rings is 3. The molecule has 1 saturated heterocycles. The number of halogens is 2. The van der Waals surface area contributed by atoms with Crippen LogP contribution >= 0.6 is 27.5 Å². The van der Waals surface area contributed by atoms with Crippen molar-refractivity contribution in [3.05, 3.63) is 92.9 Å². The number of barbiturate groups is 1. The molecule has 34 heavy (non-hydrogen) atoms. The molecular formula is C25H18BrClN2O5. The minimum atomic E-state index is -0.807. The average molecular weight is 542 g/mol. The number of rotatable bonds is 6. The van der Waals surface area contributed by atoms with Gasteiger partial charge in [0.15, 0.2) is 11.5 Å². The Morgan fingerprint density at radius 2 is 1.68 bits per heavy atom. The Hall–Kier alpha value is -3.62. The number of imide groups is 2. The quantitative estimate of drug-likeness (QED) is 0.336. The van der Waals surface area contributed by atoms with E-state index in [1.54, 1.807) is 54.6 Å². The third kappa shape index (κ3) is 5.13. The van der Waals surface area contributed by atoms with Crippen LogP contribution in [0.3, 0.4) is 0 Å². The van der Waals surface area contributed by atoms with E-state index in [-0.39, 0.29) is 5.57 Å². The maximum Gasteiger partial charge on any atom is 0.335 e. The largest absolute Gasteiger partial charge is 0.493 e. The average Bonchev–Trinajstić information content (AvgIpc) is 2.83. The first-order chi connectivity index (χ1) is 16.4. The summed E-state index contributed by atoms with van der Waals surface area (Å²) in [5.41, 5.74) is 1.62. The van der Waals surface area contributed by atoms with Gasteiger partial charge in [-0.2, -0.15) is 0 Å². The SMILES string of the molecule is COc1cc(/C=C2\C(=O)NC(=O)N(c3ccc(Br)cc3)C2=O)ccc1OCc1ccc(Cl)cc1. The molecule has 0 unspecified atom stereocenters. The van der Waals surface area contributed by atoms with Crippen molar-refractivity contribution in [2.24, 2.45) is 0 Å². The van der Waals surface area contributed by atoms with Crippen molar-refractivity contribution in [3.8, 4) is 11.5 Å². The predicted octanol–water partition coefficient (Wildman–Crippen LogP) is 5.36. The third-order valence-electron chi connectivity index (χ3n) is 4.99. The number of carbonyl (C=O) groups excluding carboxylic acids is 3. The molecule has 7 nitrogen and oxygen atoms in total. The van der Waals surface area contributed by atoms with Gasteiger partial charge >= 0.3 is 6.03 Å². The normalized spacial score (nSPS) is 14.9. The summed E-state index contributed by atoms with van der Waals surface area (Å²) in [6.45, 7) is 0.305. The van der Waals surface area contributed by atoms with E-state index >= 15 is 0 Å². The summed E-state index contributed by atoms with van der Waals surface area (Å²) < 4.78 is 12.1. The lowest BCUT2D eigenvalue weighted by Crippen LogP contribution is -2.54. The lowest BCUT2D eigenvalue weighted by molar-refractivity contribution is -0.122. The molecule has 4 amide bonds. The van der Waals surface area contributed by atoms with Gasteiger partial charge in [0, 0.05) is 9.50 Å². The number of carbonyl (C=O) groups is 3. The number of anilines is 1. The first kappa shape index (κ1) is 23.5. The Bertz CT molecular complexity index is 1290.